The van der Waals surface area contributed by atoms with E-state index in [0.717, 1.165) is 0 Å². The Hall–Kier alpha value is -3.29. The molecular formula is C25H31NO7. The van der Waals surface area contributed by atoms with Gasteiger partial charge in [-0.15, -0.1) is 0 Å². The second-order valence-corrected chi connectivity index (χ2v) is 8.10. The highest BCUT2D eigenvalue weighted by Gasteiger charge is 2.47. The SMILES string of the molecule is CCOC(=O)C1=C(C)NC2=C(C(=O)C(C(=O)OC)C(C)C2)C1c1ccc(OCC)c(OC)c1. The van der Waals surface area contributed by atoms with Gasteiger partial charge in [0.2, 0.25) is 0 Å². The number of ether oxygens (including phenoxy) is 4. The number of nitrogens with one attached hydrogen (secondary N) is 1. The van der Waals surface area contributed by atoms with Crippen molar-refractivity contribution in [2.45, 2.75) is 40.0 Å². The van der Waals surface area contributed by atoms with Crippen LogP contribution in [-0.2, 0) is 23.9 Å². The quantitative estimate of drug-likeness (QED) is 0.492. The monoisotopic (exact) mass is 457 g/mol. The number of rotatable bonds is 7. The second-order valence-electron chi connectivity index (χ2n) is 8.10. The minimum absolute atomic E-state index is 0.191. The van der Waals surface area contributed by atoms with Gasteiger partial charge in [0.25, 0.3) is 0 Å². The van der Waals surface area contributed by atoms with Crippen molar-refractivity contribution in [3.05, 3.63) is 46.3 Å². The van der Waals surface area contributed by atoms with Crippen LogP contribution in [0.3, 0.4) is 0 Å². The Morgan fingerprint density at radius 3 is 2.45 bits per heavy atom. The molecule has 0 spiro atoms. The van der Waals surface area contributed by atoms with Crippen molar-refractivity contribution in [1.29, 1.82) is 0 Å². The zero-order chi connectivity index (χ0) is 24.3. The molecule has 1 heterocycles. The van der Waals surface area contributed by atoms with Crippen LogP contribution in [0, 0.1) is 11.8 Å². The van der Waals surface area contributed by atoms with Gasteiger partial charge in [-0.25, -0.2) is 4.79 Å². The fraction of sp³-hybridized carbons (Fsp3) is 0.480. The summed E-state index contributed by atoms with van der Waals surface area (Å²) in [6.45, 7) is 7.89. The third kappa shape index (κ3) is 4.47. The van der Waals surface area contributed by atoms with E-state index in [1.54, 1.807) is 32.0 Å². The third-order valence-electron chi connectivity index (χ3n) is 6.06. The van der Waals surface area contributed by atoms with Crippen molar-refractivity contribution in [1.82, 2.24) is 5.32 Å². The Morgan fingerprint density at radius 1 is 1.12 bits per heavy atom. The maximum absolute atomic E-state index is 13.7. The molecule has 8 heteroatoms. The highest BCUT2D eigenvalue weighted by molar-refractivity contribution is 6.12. The van der Waals surface area contributed by atoms with Gasteiger partial charge in [0, 0.05) is 22.9 Å². The number of Topliss-reactive ketones (excluding diaryl/α,β-unsaturated/α-hetero) is 1. The summed E-state index contributed by atoms with van der Waals surface area (Å²) in [6, 6.07) is 5.32. The van der Waals surface area contributed by atoms with Gasteiger partial charge in [-0.1, -0.05) is 13.0 Å². The molecule has 2 aliphatic rings. The smallest absolute Gasteiger partial charge is 0.336 e. The van der Waals surface area contributed by atoms with Gasteiger partial charge in [0.1, 0.15) is 5.92 Å². The van der Waals surface area contributed by atoms with Gasteiger partial charge in [-0.05, 0) is 50.8 Å². The molecule has 1 N–H and O–H groups in total. The van der Waals surface area contributed by atoms with E-state index in [0.29, 0.717) is 52.6 Å². The third-order valence-corrected chi connectivity index (χ3v) is 6.06. The first-order chi connectivity index (χ1) is 15.8. The number of hydrogen-bond acceptors (Lipinski definition) is 8. The van der Waals surface area contributed by atoms with Gasteiger partial charge in [0.05, 0.1) is 33.0 Å². The van der Waals surface area contributed by atoms with Crippen LogP contribution in [0.4, 0.5) is 0 Å². The van der Waals surface area contributed by atoms with Crippen LogP contribution in [0.5, 0.6) is 11.5 Å². The summed E-state index contributed by atoms with van der Waals surface area (Å²) < 4.78 is 21.4. The largest absolute Gasteiger partial charge is 0.493 e. The van der Waals surface area contributed by atoms with Gasteiger partial charge < -0.3 is 24.3 Å². The minimum atomic E-state index is -0.940. The summed E-state index contributed by atoms with van der Waals surface area (Å²) in [5, 5.41) is 3.24. The van der Waals surface area contributed by atoms with E-state index in [1.807, 2.05) is 13.8 Å². The number of esters is 2. The molecule has 3 unspecified atom stereocenters. The zero-order valence-electron chi connectivity index (χ0n) is 19.9. The number of hydrogen-bond donors (Lipinski definition) is 1. The number of ketones is 1. The number of benzene rings is 1. The summed E-state index contributed by atoms with van der Waals surface area (Å²) >= 11 is 0. The zero-order valence-corrected chi connectivity index (χ0v) is 19.9. The Kier molecular flexibility index (Phi) is 7.46. The maximum atomic E-state index is 13.7. The van der Waals surface area contributed by atoms with Crippen LogP contribution in [-0.4, -0.2) is 45.2 Å². The number of dihydropyridines is 1. The van der Waals surface area contributed by atoms with E-state index in [4.69, 9.17) is 18.9 Å². The van der Waals surface area contributed by atoms with Crippen molar-refractivity contribution in [2.24, 2.45) is 11.8 Å². The summed E-state index contributed by atoms with van der Waals surface area (Å²) in [5.74, 6) is -2.32. The predicted molar refractivity (Wildman–Crippen MR) is 121 cm³/mol. The van der Waals surface area contributed by atoms with Crippen molar-refractivity contribution in [3.63, 3.8) is 0 Å². The van der Waals surface area contributed by atoms with Crippen LogP contribution in [0.2, 0.25) is 0 Å². The van der Waals surface area contributed by atoms with Crippen LogP contribution >= 0.6 is 0 Å². The van der Waals surface area contributed by atoms with Gasteiger partial charge in [-0.2, -0.15) is 0 Å². The lowest BCUT2D eigenvalue weighted by Crippen LogP contribution is -2.43. The van der Waals surface area contributed by atoms with E-state index in [9.17, 15) is 14.4 Å². The minimum Gasteiger partial charge on any atom is -0.493 e. The predicted octanol–water partition coefficient (Wildman–Crippen LogP) is 3.27. The average molecular weight is 458 g/mol. The van der Waals surface area contributed by atoms with Crippen molar-refractivity contribution in [2.75, 3.05) is 27.4 Å². The van der Waals surface area contributed by atoms with E-state index in [1.165, 1.54) is 14.2 Å². The first-order valence-electron chi connectivity index (χ1n) is 11.1. The first kappa shape index (κ1) is 24.4. The molecule has 0 bridgehead atoms. The van der Waals surface area contributed by atoms with Gasteiger partial charge >= 0.3 is 11.9 Å². The molecule has 0 amide bonds. The topological polar surface area (TPSA) is 100 Å². The Morgan fingerprint density at radius 2 is 1.85 bits per heavy atom. The number of methoxy groups -OCH3 is 2. The Balaban J connectivity index is 2.21. The Bertz CT molecular complexity index is 1020. The first-order valence-corrected chi connectivity index (χ1v) is 11.1. The lowest BCUT2D eigenvalue weighted by molar-refractivity contribution is -0.151. The van der Waals surface area contributed by atoms with E-state index >= 15 is 0 Å². The molecule has 0 saturated carbocycles. The fourth-order valence-electron chi connectivity index (χ4n) is 4.63. The van der Waals surface area contributed by atoms with Gasteiger partial charge in [0.15, 0.2) is 17.3 Å². The number of carbonyl (C=O) groups is 3. The molecule has 1 aromatic carbocycles. The van der Waals surface area contributed by atoms with E-state index < -0.39 is 23.8 Å². The molecule has 178 valence electrons. The van der Waals surface area contributed by atoms with Crippen LogP contribution in [0.15, 0.2) is 40.7 Å². The molecule has 3 atom stereocenters. The average Bonchev–Trinajstić information content (AvgIpc) is 2.78. The number of carbonyl (C=O) groups excluding carboxylic acids is 3. The molecule has 8 nitrogen and oxygen atoms in total. The van der Waals surface area contributed by atoms with Crippen molar-refractivity contribution in [3.8, 4) is 11.5 Å². The molecule has 0 fully saturated rings. The lowest BCUT2D eigenvalue weighted by Gasteiger charge is -2.38. The molecule has 0 radical (unpaired) electrons. The highest BCUT2D eigenvalue weighted by Crippen LogP contribution is 2.46. The standard InChI is InChI=1S/C25H31NO7/c1-7-32-17-10-9-15(12-18(17)30-5)21-20(25(29)33-8-2)14(4)26-16-11-13(3)19(24(28)31-6)23(27)22(16)21/h9-10,12-13,19,21,26H,7-8,11H2,1-6H3. The van der Waals surface area contributed by atoms with Crippen LogP contribution in [0.1, 0.15) is 45.6 Å². The van der Waals surface area contributed by atoms with E-state index in [2.05, 4.69) is 5.32 Å². The number of allylic oxidation sites excluding steroid dienone is 3. The van der Waals surface area contributed by atoms with Crippen LogP contribution < -0.4 is 14.8 Å². The maximum Gasteiger partial charge on any atom is 0.336 e. The molecule has 1 aliphatic heterocycles. The van der Waals surface area contributed by atoms with Gasteiger partial charge in [-0.3, -0.25) is 9.59 Å². The molecule has 1 aromatic rings. The summed E-state index contributed by atoms with van der Waals surface area (Å²) in [6.07, 6.45) is 0.471. The molecule has 33 heavy (non-hydrogen) atoms. The van der Waals surface area contributed by atoms with Crippen LogP contribution in [0.25, 0.3) is 0 Å². The fourth-order valence-corrected chi connectivity index (χ4v) is 4.63. The molecule has 3 rings (SSSR count). The Labute approximate surface area is 193 Å². The summed E-state index contributed by atoms with van der Waals surface area (Å²) in [7, 11) is 2.80. The molecule has 0 aromatic heterocycles. The van der Waals surface area contributed by atoms with Crippen molar-refractivity contribution >= 4 is 17.7 Å². The highest BCUT2D eigenvalue weighted by atomic mass is 16.5. The second kappa shape index (κ2) is 10.1. The summed E-state index contributed by atoms with van der Waals surface area (Å²) in [5.41, 5.74) is 2.69. The lowest BCUT2D eigenvalue weighted by atomic mass is 9.69. The van der Waals surface area contributed by atoms with E-state index in [-0.39, 0.29) is 18.3 Å². The molecular weight excluding hydrogens is 426 g/mol. The molecule has 1 aliphatic carbocycles. The normalized spacial score (nSPS) is 22.4. The van der Waals surface area contributed by atoms with Crippen molar-refractivity contribution < 1.29 is 33.3 Å². The molecule has 0 saturated heterocycles. The summed E-state index contributed by atoms with van der Waals surface area (Å²) in [4.78, 5) is 39.2.